The van der Waals surface area contributed by atoms with Crippen LogP contribution in [0.1, 0.15) is 162 Å². The maximum atomic E-state index is 12.4. The third-order valence-electron chi connectivity index (χ3n) is 21.2. The SMILES string of the molecule is CC(c1ccccc1)N1CCc2cc(C(=O)NO)ccc2C1.O=C(NO)c1ccc2c(c1)CCN(C(=O)CC1CC1)C2.O=C(NO)c1ccc2c(c1)CCN(C(=O)Cc1ccccc1)C2.O=C(NO)c1ccc2c(c1)CCN(Cc1cccc(OC(F)(F)F)c1)C2.O=C(NO)c1ccc2c(c1)CCN(Cc1csc(-c3cccs3)n1)C2. The van der Waals surface area contributed by atoms with E-state index < -0.39 is 35.9 Å². The molecule has 2 aromatic heterocycles. The number of thiophene rings is 1. The molecule has 7 heterocycles. The highest BCUT2D eigenvalue weighted by molar-refractivity contribution is 7.20. The number of carbonyl (C=O) groups is 7. The second-order valence-electron chi connectivity index (χ2n) is 29.1. The minimum absolute atomic E-state index is 0.110. The summed E-state index contributed by atoms with van der Waals surface area (Å²) in [5, 5.41) is 48.8. The zero-order valence-electron chi connectivity index (χ0n) is 63.7. The van der Waals surface area contributed by atoms with Crippen molar-refractivity contribution >= 4 is 64.0 Å². The average molecular weight is 1620 g/mol. The van der Waals surface area contributed by atoms with Gasteiger partial charge in [-0.3, -0.25) is 74.3 Å². The number of amides is 7. The summed E-state index contributed by atoms with van der Waals surface area (Å²) < 4.78 is 41.0. The molecule has 1 fully saturated rings. The quantitative estimate of drug-likeness (QED) is 0.0299. The largest absolute Gasteiger partial charge is 0.573 e. The summed E-state index contributed by atoms with van der Waals surface area (Å²) in [5.74, 6) is -1.76. The average Bonchev–Trinajstić information content (AvgIpc) is 1.45. The van der Waals surface area contributed by atoms with E-state index in [1.54, 1.807) is 105 Å². The Morgan fingerprint density at radius 2 is 0.888 bits per heavy atom. The fourth-order valence-corrected chi connectivity index (χ4v) is 16.3. The summed E-state index contributed by atoms with van der Waals surface area (Å²) in [6, 6.07) is 57.8. The predicted molar refractivity (Wildman–Crippen MR) is 427 cm³/mol. The number of carbonyl (C=O) groups excluding carboxylic acids is 7. The van der Waals surface area contributed by atoms with Crippen molar-refractivity contribution in [3.05, 3.63) is 305 Å². The lowest BCUT2D eigenvalue weighted by Gasteiger charge is -2.34. The van der Waals surface area contributed by atoms with Gasteiger partial charge in [-0.15, -0.1) is 35.8 Å². The van der Waals surface area contributed by atoms with Crippen LogP contribution in [-0.4, -0.2) is 136 Å². The van der Waals surface area contributed by atoms with Crippen molar-refractivity contribution in [2.75, 3.05) is 32.7 Å². The number of thiazole rings is 1. The van der Waals surface area contributed by atoms with Crippen LogP contribution in [0.3, 0.4) is 0 Å². The Balaban J connectivity index is 0.000000134. The number of nitrogens with zero attached hydrogens (tertiary/aromatic N) is 6. The zero-order chi connectivity index (χ0) is 81.8. The molecule has 1 saturated carbocycles. The van der Waals surface area contributed by atoms with Gasteiger partial charge in [-0.2, -0.15) is 0 Å². The third kappa shape index (κ3) is 23.0. The second kappa shape index (κ2) is 39.8. The number of aromatic nitrogens is 1. The molecular formula is C87H90F3N11O13S2. The van der Waals surface area contributed by atoms with Crippen LogP contribution in [0, 0.1) is 5.92 Å². The normalized spacial score (nSPS) is 15.0. The smallest absolute Gasteiger partial charge is 0.406 e. The number of halogens is 3. The molecule has 1 unspecified atom stereocenters. The lowest BCUT2D eigenvalue weighted by atomic mass is 9.95. The standard InChI is InChI=1S/C18H17F3N2O3.C18H17N3O2S2.C18H18N2O3.C18H20N2O2.C15H18N2O3/c19-18(20,21)26-16-3-1-2-12(8-16)10-23-7-6-13-9-14(17(24)22-25)4-5-15(13)11-23;22-17(20-23)13-3-4-14-9-21(6-5-12(14)8-13)10-15-11-25-18(19-15)16-2-1-7-24-16;21-17(10-13-4-2-1-3-5-13)20-9-8-14-11-15(18(22)19-23)6-7-16(14)12-20;1-13(14-5-3-2-4-6-14)20-10-9-15-11-16(18(21)19-22)7-8-17(15)12-20;18-14(7-10-1-2-10)17-6-5-11-8-12(15(19)16-20)3-4-13(11)9-17/h1-5,8-9,25H,6-7,10-11H2,(H,22,24);1-4,7-8,11,23H,5-6,9-10H2,(H,20,22);1-7,11,23H,8-10,12H2,(H,19,22);2-8,11,13,22H,9-10,12H2,1H3,(H,19,21);3-4,8,10,20H,1-2,5-7,9H2,(H,16,19). The first kappa shape index (κ1) is 84.1. The molecular weight excluding hydrogens is 1530 g/mol. The first-order valence-electron chi connectivity index (χ1n) is 38.1. The van der Waals surface area contributed by atoms with Crippen LogP contribution in [0.2, 0.25) is 0 Å². The third-order valence-corrected chi connectivity index (χ3v) is 23.1. The molecule has 16 rings (SSSR count). The molecule has 0 bridgehead atoms. The van der Waals surface area contributed by atoms with Crippen LogP contribution < -0.4 is 32.1 Å². The molecule has 10 aromatic rings. The molecule has 8 aromatic carbocycles. The van der Waals surface area contributed by atoms with Gasteiger partial charge in [0.1, 0.15) is 10.8 Å². The van der Waals surface area contributed by atoms with Gasteiger partial charge >= 0.3 is 6.36 Å². The highest BCUT2D eigenvalue weighted by Gasteiger charge is 2.33. The highest BCUT2D eigenvalue weighted by Crippen LogP contribution is 2.35. The molecule has 7 amide bonds. The van der Waals surface area contributed by atoms with Crippen molar-refractivity contribution < 1.29 is 77.5 Å². The fourth-order valence-electron chi connectivity index (χ4n) is 14.7. The Kier molecular flexibility index (Phi) is 28.8. The summed E-state index contributed by atoms with van der Waals surface area (Å²) in [6.07, 6.45) is 2.75. The number of nitrogens with one attached hydrogen (secondary N) is 5. The zero-order valence-corrected chi connectivity index (χ0v) is 65.3. The van der Waals surface area contributed by atoms with E-state index in [4.69, 9.17) is 31.0 Å². The van der Waals surface area contributed by atoms with Crippen molar-refractivity contribution in [1.82, 2.24) is 56.9 Å². The topological polar surface area (TPSA) is 319 Å². The summed E-state index contributed by atoms with van der Waals surface area (Å²) in [6.45, 7) is 11.1. The van der Waals surface area contributed by atoms with Gasteiger partial charge in [0.25, 0.3) is 29.5 Å². The van der Waals surface area contributed by atoms with Crippen molar-refractivity contribution in [2.24, 2.45) is 5.92 Å². The summed E-state index contributed by atoms with van der Waals surface area (Å²) in [7, 11) is 0. The van der Waals surface area contributed by atoms with Gasteiger partial charge in [-0.1, -0.05) is 109 Å². The Bertz CT molecular complexity index is 5110. The van der Waals surface area contributed by atoms with E-state index in [9.17, 15) is 46.7 Å². The number of benzene rings is 8. The van der Waals surface area contributed by atoms with Gasteiger partial charge < -0.3 is 14.5 Å². The minimum atomic E-state index is -4.71. The number of ether oxygens (including phenoxy) is 1. The van der Waals surface area contributed by atoms with Crippen LogP contribution in [0.5, 0.6) is 5.75 Å². The molecule has 5 aliphatic heterocycles. The van der Waals surface area contributed by atoms with E-state index in [1.165, 1.54) is 63.7 Å². The van der Waals surface area contributed by atoms with E-state index in [1.807, 2.05) is 94.7 Å². The van der Waals surface area contributed by atoms with Crippen LogP contribution in [0.15, 0.2) is 199 Å². The van der Waals surface area contributed by atoms with Gasteiger partial charge in [0.15, 0.2) is 0 Å². The van der Waals surface area contributed by atoms with Crippen LogP contribution in [0.25, 0.3) is 9.88 Å². The number of hydrogen-bond donors (Lipinski definition) is 10. The maximum absolute atomic E-state index is 12.4. The summed E-state index contributed by atoms with van der Waals surface area (Å²) in [5.41, 5.74) is 25.9. The molecule has 6 aliphatic rings. The van der Waals surface area contributed by atoms with Crippen LogP contribution in [-0.2, 0) is 93.9 Å². The molecule has 604 valence electrons. The minimum Gasteiger partial charge on any atom is -0.406 e. The van der Waals surface area contributed by atoms with Crippen molar-refractivity contribution in [2.45, 2.75) is 123 Å². The van der Waals surface area contributed by atoms with E-state index in [-0.39, 0.29) is 17.6 Å². The molecule has 29 heteroatoms. The first-order chi connectivity index (χ1) is 56.1. The first-order valence-corrected chi connectivity index (χ1v) is 39.8. The van der Waals surface area contributed by atoms with Crippen molar-refractivity contribution in [3.63, 3.8) is 0 Å². The number of hydrogen-bond acceptors (Lipinski definition) is 19. The second-order valence-corrected chi connectivity index (χ2v) is 30.9. The number of alkyl halides is 3. The number of fused-ring (bicyclic) bond motifs is 5. The van der Waals surface area contributed by atoms with Gasteiger partial charge in [0.05, 0.1) is 17.0 Å². The lowest BCUT2D eigenvalue weighted by Crippen LogP contribution is -2.37. The predicted octanol–water partition coefficient (Wildman–Crippen LogP) is 13.2. The maximum Gasteiger partial charge on any atom is 0.573 e. The molecule has 10 N–H and O–H groups in total. The van der Waals surface area contributed by atoms with Crippen LogP contribution in [0.4, 0.5) is 13.2 Å². The van der Waals surface area contributed by atoms with Gasteiger partial charge in [-0.05, 0) is 214 Å². The number of hydroxylamine groups is 5. The molecule has 0 saturated heterocycles. The summed E-state index contributed by atoms with van der Waals surface area (Å²) in [4.78, 5) is 98.5. The summed E-state index contributed by atoms with van der Waals surface area (Å²) >= 11 is 3.41. The van der Waals surface area contributed by atoms with E-state index >= 15 is 0 Å². The lowest BCUT2D eigenvalue weighted by molar-refractivity contribution is -0.274. The molecule has 0 radical (unpaired) electrons. The number of rotatable bonds is 17. The Morgan fingerprint density at radius 1 is 0.457 bits per heavy atom. The van der Waals surface area contributed by atoms with Gasteiger partial charge in [0.2, 0.25) is 11.8 Å². The van der Waals surface area contributed by atoms with Gasteiger partial charge in [-0.25, -0.2) is 32.4 Å². The molecule has 1 atom stereocenters. The van der Waals surface area contributed by atoms with Crippen molar-refractivity contribution in [1.29, 1.82) is 0 Å². The van der Waals surface area contributed by atoms with Gasteiger partial charge in [0, 0.05) is 124 Å². The monoisotopic (exact) mass is 1620 g/mol. The highest BCUT2D eigenvalue weighted by atomic mass is 32.1. The fraction of sp³-hybridized carbons (Fsp3) is 0.287. The molecule has 0 spiro atoms. The van der Waals surface area contributed by atoms with Crippen LogP contribution >= 0.6 is 22.7 Å². The Labute approximate surface area is 676 Å². The van der Waals surface area contributed by atoms with E-state index in [0.29, 0.717) is 111 Å². The Hall–Kier alpha value is -11.4. The van der Waals surface area contributed by atoms with E-state index in [2.05, 4.69) is 67.5 Å². The molecule has 24 nitrogen and oxygen atoms in total. The molecule has 116 heavy (non-hydrogen) atoms. The van der Waals surface area contributed by atoms with Crippen molar-refractivity contribution in [3.8, 4) is 15.6 Å². The Morgan fingerprint density at radius 3 is 1.34 bits per heavy atom. The molecule has 1 aliphatic carbocycles. The van der Waals surface area contributed by atoms with E-state index in [0.717, 1.165) is 107 Å².